The number of nitrogens with zero attached hydrogens (tertiary/aromatic N) is 7. The number of halogens is 3. The van der Waals surface area contributed by atoms with Gasteiger partial charge in [-0.3, -0.25) is 4.98 Å². The zero-order chi connectivity index (χ0) is 21.3. The Bertz CT molecular complexity index is 1190. The topological polar surface area (TPSA) is 82.3 Å². The lowest BCUT2D eigenvalue weighted by Crippen LogP contribution is -2.10. The lowest BCUT2D eigenvalue weighted by Gasteiger charge is -2.10. The van der Waals surface area contributed by atoms with Gasteiger partial charge < -0.3 is 0 Å². The van der Waals surface area contributed by atoms with Crippen molar-refractivity contribution in [3.8, 4) is 17.1 Å². The molecule has 0 aliphatic rings. The molecule has 11 heteroatoms. The Kier molecular flexibility index (Phi) is 5.20. The van der Waals surface area contributed by atoms with E-state index < -0.39 is 11.9 Å². The zero-order valence-corrected chi connectivity index (χ0v) is 16.6. The van der Waals surface area contributed by atoms with Gasteiger partial charge in [-0.1, -0.05) is 6.07 Å². The van der Waals surface area contributed by atoms with Gasteiger partial charge in [0, 0.05) is 24.0 Å². The Morgan fingerprint density at radius 2 is 1.70 bits per heavy atom. The molecule has 0 saturated carbocycles. The molecule has 4 rings (SSSR count). The van der Waals surface area contributed by atoms with Gasteiger partial charge in [0.15, 0.2) is 5.82 Å². The highest BCUT2D eigenvalue weighted by Crippen LogP contribution is 2.34. The maximum absolute atomic E-state index is 13.4. The number of hydrogen-bond donors (Lipinski definition) is 0. The molecule has 0 amide bonds. The first kappa shape index (κ1) is 20.0. The first-order valence-corrected chi connectivity index (χ1v) is 9.53. The summed E-state index contributed by atoms with van der Waals surface area (Å²) < 4.78 is 41.7. The van der Waals surface area contributed by atoms with Gasteiger partial charge in [-0.25, -0.2) is 9.97 Å². The third-order valence-electron chi connectivity index (χ3n) is 4.30. The molecule has 3 heterocycles. The van der Waals surface area contributed by atoms with Crippen molar-refractivity contribution in [1.29, 1.82) is 0 Å². The van der Waals surface area contributed by atoms with Gasteiger partial charge in [0.05, 0.1) is 5.69 Å². The Balaban J connectivity index is 1.75. The van der Waals surface area contributed by atoms with E-state index in [0.717, 1.165) is 29.0 Å². The van der Waals surface area contributed by atoms with Gasteiger partial charge in [-0.05, 0) is 71.4 Å². The van der Waals surface area contributed by atoms with Crippen LogP contribution in [0.15, 0.2) is 59.0 Å². The number of tetrazole rings is 1. The molecule has 4 aromatic rings. The van der Waals surface area contributed by atoms with Crippen LogP contribution in [0.25, 0.3) is 17.1 Å². The van der Waals surface area contributed by atoms with Crippen molar-refractivity contribution in [3.05, 3.63) is 65.6 Å². The molecule has 0 fully saturated rings. The highest BCUT2D eigenvalue weighted by atomic mass is 32.2. The number of hydrogen-bond acceptors (Lipinski definition) is 7. The van der Waals surface area contributed by atoms with Crippen LogP contribution in [-0.4, -0.2) is 35.2 Å². The lowest BCUT2D eigenvalue weighted by atomic mass is 10.1. The van der Waals surface area contributed by atoms with Crippen molar-refractivity contribution in [2.75, 3.05) is 0 Å². The predicted molar refractivity (Wildman–Crippen MR) is 103 cm³/mol. The molecular weight excluding hydrogens is 415 g/mol. The first-order valence-electron chi connectivity index (χ1n) is 8.72. The molecule has 7 nitrogen and oxygen atoms in total. The Hall–Kier alpha value is -3.34. The van der Waals surface area contributed by atoms with E-state index in [9.17, 15) is 13.2 Å². The molecule has 0 radical (unpaired) electrons. The fraction of sp³-hybridized carbons (Fsp3) is 0.158. The second-order valence-electron chi connectivity index (χ2n) is 6.39. The quantitative estimate of drug-likeness (QED) is 0.447. The number of benzene rings is 1. The van der Waals surface area contributed by atoms with Crippen molar-refractivity contribution >= 4 is 11.8 Å². The molecule has 0 saturated heterocycles. The summed E-state index contributed by atoms with van der Waals surface area (Å²) in [5.41, 5.74) is 2.22. The van der Waals surface area contributed by atoms with Gasteiger partial charge in [-0.2, -0.15) is 17.9 Å². The SMILES string of the molecule is Cc1ccc(-n2nnnc2Sc2cc(C(F)(F)F)nc(-c3ccncc3)n2)cc1C. The monoisotopic (exact) mass is 429 g/mol. The van der Waals surface area contributed by atoms with E-state index in [-0.39, 0.29) is 16.0 Å². The van der Waals surface area contributed by atoms with E-state index >= 15 is 0 Å². The Labute approximate surface area is 173 Å². The summed E-state index contributed by atoms with van der Waals surface area (Å²) in [7, 11) is 0. The standard InChI is InChI=1S/C19H14F3N7S/c1-11-3-4-14(9-12(11)2)29-18(26-27-28-29)30-16-10-15(19(20,21)22)24-17(25-16)13-5-7-23-8-6-13/h3-10H,1-2H3. The number of pyridine rings is 1. The fourth-order valence-corrected chi connectivity index (χ4v) is 3.40. The third-order valence-corrected chi connectivity index (χ3v) is 5.16. The van der Waals surface area contributed by atoms with Crippen LogP contribution in [0.3, 0.4) is 0 Å². The molecule has 3 aromatic heterocycles. The fourth-order valence-electron chi connectivity index (χ4n) is 2.61. The number of rotatable bonds is 4. The Morgan fingerprint density at radius 3 is 2.40 bits per heavy atom. The van der Waals surface area contributed by atoms with Gasteiger partial charge >= 0.3 is 6.18 Å². The molecule has 0 spiro atoms. The molecular formula is C19H14F3N7S. The van der Waals surface area contributed by atoms with Crippen molar-refractivity contribution < 1.29 is 13.2 Å². The summed E-state index contributed by atoms with van der Waals surface area (Å²) in [6.07, 6.45) is -1.70. The maximum Gasteiger partial charge on any atom is 0.433 e. The first-order chi connectivity index (χ1) is 14.3. The molecule has 30 heavy (non-hydrogen) atoms. The Morgan fingerprint density at radius 1 is 0.933 bits per heavy atom. The van der Waals surface area contributed by atoms with Crippen LogP contribution in [0.1, 0.15) is 16.8 Å². The summed E-state index contributed by atoms with van der Waals surface area (Å²) >= 11 is 0.925. The zero-order valence-electron chi connectivity index (χ0n) is 15.8. The molecule has 0 N–H and O–H groups in total. The molecule has 152 valence electrons. The second-order valence-corrected chi connectivity index (χ2v) is 7.38. The molecule has 0 unspecified atom stereocenters. The molecule has 0 aliphatic carbocycles. The summed E-state index contributed by atoms with van der Waals surface area (Å²) in [5.74, 6) is -0.0556. The van der Waals surface area contributed by atoms with E-state index in [1.807, 2.05) is 32.0 Å². The van der Waals surface area contributed by atoms with Crippen LogP contribution in [0.4, 0.5) is 13.2 Å². The number of aryl methyl sites for hydroxylation is 2. The van der Waals surface area contributed by atoms with Crippen LogP contribution < -0.4 is 0 Å². The van der Waals surface area contributed by atoms with Gasteiger partial charge in [0.2, 0.25) is 5.16 Å². The van der Waals surface area contributed by atoms with Crippen molar-refractivity contribution in [1.82, 2.24) is 35.2 Å². The molecule has 1 aromatic carbocycles. The van der Waals surface area contributed by atoms with E-state index in [2.05, 4.69) is 30.5 Å². The largest absolute Gasteiger partial charge is 0.433 e. The maximum atomic E-state index is 13.4. The minimum absolute atomic E-state index is 0.0556. The minimum atomic E-state index is -4.62. The van der Waals surface area contributed by atoms with Crippen molar-refractivity contribution in [2.24, 2.45) is 0 Å². The van der Waals surface area contributed by atoms with Crippen LogP contribution in [0, 0.1) is 13.8 Å². The smallest absolute Gasteiger partial charge is 0.265 e. The van der Waals surface area contributed by atoms with Crippen LogP contribution in [0.5, 0.6) is 0 Å². The average molecular weight is 429 g/mol. The van der Waals surface area contributed by atoms with Crippen LogP contribution >= 0.6 is 11.8 Å². The summed E-state index contributed by atoms with van der Waals surface area (Å²) in [6.45, 7) is 3.94. The van der Waals surface area contributed by atoms with Crippen LogP contribution in [0.2, 0.25) is 0 Å². The number of aromatic nitrogens is 7. The third kappa shape index (κ3) is 4.15. The van der Waals surface area contributed by atoms with Crippen molar-refractivity contribution in [2.45, 2.75) is 30.2 Å². The molecule has 0 aliphatic heterocycles. The molecule has 0 atom stereocenters. The van der Waals surface area contributed by atoms with Crippen LogP contribution in [-0.2, 0) is 6.18 Å². The van der Waals surface area contributed by atoms with Gasteiger partial charge in [0.1, 0.15) is 10.7 Å². The summed E-state index contributed by atoms with van der Waals surface area (Å²) in [5, 5.41) is 11.9. The summed E-state index contributed by atoms with van der Waals surface area (Å²) in [6, 6.07) is 9.64. The molecule has 0 bridgehead atoms. The lowest BCUT2D eigenvalue weighted by molar-refractivity contribution is -0.141. The van der Waals surface area contributed by atoms with Gasteiger partial charge in [0.25, 0.3) is 0 Å². The number of alkyl halides is 3. The highest BCUT2D eigenvalue weighted by molar-refractivity contribution is 7.99. The van der Waals surface area contributed by atoms with E-state index in [4.69, 9.17) is 0 Å². The normalized spacial score (nSPS) is 11.6. The van der Waals surface area contributed by atoms with E-state index in [1.54, 1.807) is 12.1 Å². The summed E-state index contributed by atoms with van der Waals surface area (Å²) in [4.78, 5) is 11.8. The van der Waals surface area contributed by atoms with E-state index in [1.165, 1.54) is 17.1 Å². The van der Waals surface area contributed by atoms with E-state index in [0.29, 0.717) is 11.3 Å². The minimum Gasteiger partial charge on any atom is -0.265 e. The average Bonchev–Trinajstić information content (AvgIpc) is 3.18. The van der Waals surface area contributed by atoms with Gasteiger partial charge in [-0.15, -0.1) is 5.10 Å². The second kappa shape index (κ2) is 7.82. The predicted octanol–water partition coefficient (Wildman–Crippen LogP) is 4.30. The van der Waals surface area contributed by atoms with Crippen molar-refractivity contribution in [3.63, 3.8) is 0 Å². The highest BCUT2D eigenvalue weighted by Gasteiger charge is 2.34.